The van der Waals surface area contributed by atoms with Gasteiger partial charge in [0.05, 0.1) is 7.11 Å². The second-order valence-electron chi connectivity index (χ2n) is 6.17. The van der Waals surface area contributed by atoms with Crippen LogP contribution in [-0.4, -0.2) is 32.6 Å². The largest absolute Gasteiger partial charge is 0.493 e. The van der Waals surface area contributed by atoms with Crippen LogP contribution in [0.1, 0.15) is 23.1 Å². The van der Waals surface area contributed by atoms with E-state index in [4.69, 9.17) is 9.47 Å². The maximum atomic E-state index is 6.00. The summed E-state index contributed by atoms with van der Waals surface area (Å²) in [6.07, 6.45) is 2.18. The molecule has 0 aliphatic rings. The molecule has 2 rings (SSSR count). The van der Waals surface area contributed by atoms with Gasteiger partial charge in [-0.05, 0) is 63.7 Å². The zero-order valence-electron chi connectivity index (χ0n) is 14.6. The van der Waals surface area contributed by atoms with Crippen LogP contribution in [0.3, 0.4) is 0 Å². The van der Waals surface area contributed by atoms with E-state index in [1.54, 1.807) is 7.11 Å². The fraction of sp³-hybridized carbons (Fsp3) is 0.400. The normalized spacial score (nSPS) is 10.8. The monoisotopic (exact) mass is 313 g/mol. The molecule has 0 fully saturated rings. The summed E-state index contributed by atoms with van der Waals surface area (Å²) < 4.78 is 11.4. The average Bonchev–Trinajstić information content (AvgIpc) is 2.53. The Kier molecular flexibility index (Phi) is 6.48. The lowest BCUT2D eigenvalue weighted by Gasteiger charge is -2.13. The molecule has 0 aromatic heterocycles. The van der Waals surface area contributed by atoms with E-state index in [1.165, 1.54) is 16.7 Å². The van der Waals surface area contributed by atoms with Crippen molar-refractivity contribution in [3.63, 3.8) is 0 Å². The second kappa shape index (κ2) is 8.59. The van der Waals surface area contributed by atoms with Gasteiger partial charge in [-0.1, -0.05) is 35.9 Å². The van der Waals surface area contributed by atoms with E-state index in [-0.39, 0.29) is 0 Å². The summed E-state index contributed by atoms with van der Waals surface area (Å²) in [5, 5.41) is 0. The fourth-order valence-corrected chi connectivity index (χ4v) is 2.55. The molecule has 2 aromatic rings. The molecule has 0 saturated carbocycles. The molecule has 0 bridgehead atoms. The third-order valence-corrected chi connectivity index (χ3v) is 3.78. The van der Waals surface area contributed by atoms with Gasteiger partial charge in [0.25, 0.3) is 0 Å². The summed E-state index contributed by atoms with van der Waals surface area (Å²) in [4.78, 5) is 2.21. The minimum absolute atomic E-state index is 0.555. The predicted octanol–water partition coefficient (Wildman–Crippen LogP) is 4.08. The quantitative estimate of drug-likeness (QED) is 0.733. The number of aryl methyl sites for hydroxylation is 2. The van der Waals surface area contributed by atoms with Crippen LogP contribution in [0.15, 0.2) is 42.5 Å². The highest BCUT2D eigenvalue weighted by Crippen LogP contribution is 2.29. The standard InChI is InChI=1S/C20H27NO2/c1-16-7-5-8-18(13-16)15-23-20-14-17(9-6-12-21(2)3)10-11-19(20)22-4/h5,7-8,10-11,13-14H,6,9,12,15H2,1-4H3. The molecule has 0 saturated heterocycles. The highest BCUT2D eigenvalue weighted by atomic mass is 16.5. The maximum Gasteiger partial charge on any atom is 0.161 e. The molecular formula is C20H27NO2. The Morgan fingerprint density at radius 1 is 0.957 bits per heavy atom. The van der Waals surface area contributed by atoms with Gasteiger partial charge in [-0.15, -0.1) is 0 Å². The van der Waals surface area contributed by atoms with Crippen molar-refractivity contribution in [2.45, 2.75) is 26.4 Å². The molecule has 0 aliphatic carbocycles. The van der Waals surface area contributed by atoms with Gasteiger partial charge in [-0.25, -0.2) is 0 Å². The second-order valence-corrected chi connectivity index (χ2v) is 6.17. The number of hydrogen-bond acceptors (Lipinski definition) is 3. The summed E-state index contributed by atoms with van der Waals surface area (Å²) in [7, 11) is 5.88. The fourth-order valence-electron chi connectivity index (χ4n) is 2.55. The van der Waals surface area contributed by atoms with E-state index in [0.717, 1.165) is 30.9 Å². The number of methoxy groups -OCH3 is 1. The van der Waals surface area contributed by atoms with Crippen LogP contribution in [-0.2, 0) is 13.0 Å². The molecule has 0 atom stereocenters. The molecule has 0 heterocycles. The van der Waals surface area contributed by atoms with Gasteiger partial charge < -0.3 is 14.4 Å². The van der Waals surface area contributed by atoms with Crippen LogP contribution >= 0.6 is 0 Å². The molecule has 124 valence electrons. The van der Waals surface area contributed by atoms with Gasteiger partial charge in [0, 0.05) is 0 Å². The Labute approximate surface area is 139 Å². The smallest absolute Gasteiger partial charge is 0.161 e. The lowest BCUT2D eigenvalue weighted by atomic mass is 10.1. The highest BCUT2D eigenvalue weighted by molar-refractivity contribution is 5.43. The van der Waals surface area contributed by atoms with E-state index < -0.39 is 0 Å². The topological polar surface area (TPSA) is 21.7 Å². The molecule has 0 aliphatic heterocycles. The third-order valence-electron chi connectivity index (χ3n) is 3.78. The van der Waals surface area contributed by atoms with Crippen LogP contribution in [0.4, 0.5) is 0 Å². The van der Waals surface area contributed by atoms with Gasteiger partial charge in [-0.3, -0.25) is 0 Å². The third kappa shape index (κ3) is 5.61. The van der Waals surface area contributed by atoms with E-state index in [0.29, 0.717) is 6.61 Å². The van der Waals surface area contributed by atoms with Crippen LogP contribution < -0.4 is 9.47 Å². The van der Waals surface area contributed by atoms with Gasteiger partial charge >= 0.3 is 0 Å². The molecular weight excluding hydrogens is 286 g/mol. The number of hydrogen-bond donors (Lipinski definition) is 0. The van der Waals surface area contributed by atoms with Crippen LogP contribution in [0, 0.1) is 6.92 Å². The molecule has 23 heavy (non-hydrogen) atoms. The van der Waals surface area contributed by atoms with Crippen molar-refractivity contribution in [1.29, 1.82) is 0 Å². The van der Waals surface area contributed by atoms with Crippen molar-refractivity contribution in [3.8, 4) is 11.5 Å². The maximum absolute atomic E-state index is 6.00. The molecule has 3 nitrogen and oxygen atoms in total. The first-order valence-electron chi connectivity index (χ1n) is 8.08. The van der Waals surface area contributed by atoms with Crippen molar-refractivity contribution in [2.75, 3.05) is 27.7 Å². The molecule has 0 N–H and O–H groups in total. The van der Waals surface area contributed by atoms with Crippen LogP contribution in [0.5, 0.6) is 11.5 Å². The van der Waals surface area contributed by atoms with E-state index in [2.05, 4.69) is 62.3 Å². The van der Waals surface area contributed by atoms with Crippen molar-refractivity contribution in [3.05, 3.63) is 59.2 Å². The Hall–Kier alpha value is -2.00. The molecule has 3 heteroatoms. The molecule has 2 aromatic carbocycles. The Morgan fingerprint density at radius 2 is 1.78 bits per heavy atom. The Morgan fingerprint density at radius 3 is 2.48 bits per heavy atom. The van der Waals surface area contributed by atoms with Gasteiger partial charge in [0.15, 0.2) is 11.5 Å². The highest BCUT2D eigenvalue weighted by Gasteiger charge is 2.07. The summed E-state index contributed by atoms with van der Waals surface area (Å²) in [5.74, 6) is 1.60. The first-order valence-corrected chi connectivity index (χ1v) is 8.08. The summed E-state index contributed by atoms with van der Waals surface area (Å²) in [5.41, 5.74) is 3.70. The van der Waals surface area contributed by atoms with E-state index >= 15 is 0 Å². The summed E-state index contributed by atoms with van der Waals surface area (Å²) >= 11 is 0. The first-order chi connectivity index (χ1) is 11.1. The molecule has 0 radical (unpaired) electrons. The van der Waals surface area contributed by atoms with Crippen molar-refractivity contribution in [1.82, 2.24) is 4.90 Å². The SMILES string of the molecule is COc1ccc(CCCN(C)C)cc1OCc1cccc(C)c1. The number of ether oxygens (including phenoxy) is 2. The predicted molar refractivity (Wildman–Crippen MR) is 95.4 cm³/mol. The van der Waals surface area contributed by atoms with Gasteiger partial charge in [-0.2, -0.15) is 0 Å². The molecule has 0 amide bonds. The van der Waals surface area contributed by atoms with Crippen LogP contribution in [0.25, 0.3) is 0 Å². The molecule has 0 unspecified atom stereocenters. The van der Waals surface area contributed by atoms with Gasteiger partial charge in [0.1, 0.15) is 6.61 Å². The van der Waals surface area contributed by atoms with Crippen LogP contribution in [0.2, 0.25) is 0 Å². The minimum Gasteiger partial charge on any atom is -0.493 e. The lowest BCUT2D eigenvalue weighted by Crippen LogP contribution is -2.13. The Balaban J connectivity index is 2.03. The zero-order valence-corrected chi connectivity index (χ0v) is 14.6. The van der Waals surface area contributed by atoms with Crippen molar-refractivity contribution < 1.29 is 9.47 Å². The number of nitrogens with zero attached hydrogens (tertiary/aromatic N) is 1. The van der Waals surface area contributed by atoms with Crippen molar-refractivity contribution in [2.24, 2.45) is 0 Å². The van der Waals surface area contributed by atoms with Gasteiger partial charge in [0.2, 0.25) is 0 Å². The zero-order chi connectivity index (χ0) is 16.7. The van der Waals surface area contributed by atoms with E-state index in [1.807, 2.05) is 6.07 Å². The summed E-state index contributed by atoms with van der Waals surface area (Å²) in [6, 6.07) is 14.6. The lowest BCUT2D eigenvalue weighted by molar-refractivity contribution is 0.284. The summed E-state index contributed by atoms with van der Waals surface area (Å²) in [6.45, 7) is 3.74. The van der Waals surface area contributed by atoms with Crippen molar-refractivity contribution >= 4 is 0 Å². The first kappa shape index (κ1) is 17.4. The van der Waals surface area contributed by atoms with E-state index in [9.17, 15) is 0 Å². The number of benzene rings is 2. The minimum atomic E-state index is 0.555. The Bertz CT molecular complexity index is 623. The number of rotatable bonds is 8. The molecule has 0 spiro atoms. The average molecular weight is 313 g/mol.